The van der Waals surface area contributed by atoms with E-state index in [2.05, 4.69) is 4.98 Å². The molecule has 1 saturated heterocycles. The summed E-state index contributed by atoms with van der Waals surface area (Å²) in [4.78, 5) is 26.4. The molecule has 0 saturated carbocycles. The van der Waals surface area contributed by atoms with E-state index in [1.807, 2.05) is 0 Å². The molecule has 0 radical (unpaired) electrons. The summed E-state index contributed by atoms with van der Waals surface area (Å²) in [7, 11) is 0. The SMILES string of the molecule is O=C(O)[C@@H]1C(=O)CCN1c1ccc(C(F)(F)F)c(F)n1. The molecular formula is C11H8F4N2O3. The Balaban J connectivity index is 2.37. The van der Waals surface area contributed by atoms with Crippen molar-refractivity contribution in [1.29, 1.82) is 0 Å². The number of aromatic nitrogens is 1. The molecule has 0 amide bonds. The lowest BCUT2D eigenvalue weighted by Gasteiger charge is -2.21. The molecule has 2 heterocycles. The van der Waals surface area contributed by atoms with Crippen LogP contribution in [0.25, 0.3) is 0 Å². The molecule has 9 heteroatoms. The molecule has 1 aliphatic heterocycles. The third-order valence-corrected chi connectivity index (χ3v) is 2.88. The van der Waals surface area contributed by atoms with E-state index in [0.29, 0.717) is 6.07 Å². The Morgan fingerprint density at radius 3 is 2.55 bits per heavy atom. The third kappa shape index (κ3) is 2.43. The van der Waals surface area contributed by atoms with Gasteiger partial charge in [-0.05, 0) is 12.1 Å². The quantitative estimate of drug-likeness (QED) is 0.508. The maximum atomic E-state index is 13.3. The van der Waals surface area contributed by atoms with E-state index in [1.54, 1.807) is 0 Å². The number of Topliss-reactive ketones (excluding diaryl/α,β-unsaturated/α-hetero) is 1. The van der Waals surface area contributed by atoms with E-state index < -0.39 is 35.5 Å². The first kappa shape index (κ1) is 14.2. The van der Waals surface area contributed by atoms with Crippen molar-refractivity contribution < 1.29 is 32.3 Å². The van der Waals surface area contributed by atoms with Crippen molar-refractivity contribution in [3.63, 3.8) is 0 Å². The molecule has 1 fully saturated rings. The molecule has 0 unspecified atom stereocenters. The molecule has 108 valence electrons. The van der Waals surface area contributed by atoms with Crippen LogP contribution in [-0.2, 0) is 15.8 Å². The van der Waals surface area contributed by atoms with Gasteiger partial charge in [-0.25, -0.2) is 9.78 Å². The third-order valence-electron chi connectivity index (χ3n) is 2.88. The molecule has 2 rings (SSSR count). The minimum absolute atomic E-state index is 0.0341. The van der Waals surface area contributed by atoms with Gasteiger partial charge in [-0.3, -0.25) is 4.79 Å². The van der Waals surface area contributed by atoms with Crippen molar-refractivity contribution in [2.75, 3.05) is 11.4 Å². The predicted molar refractivity (Wildman–Crippen MR) is 57.6 cm³/mol. The maximum Gasteiger partial charge on any atom is 0.420 e. The van der Waals surface area contributed by atoms with E-state index in [9.17, 15) is 27.2 Å². The Morgan fingerprint density at radius 2 is 2.05 bits per heavy atom. The zero-order valence-electron chi connectivity index (χ0n) is 9.82. The molecule has 1 aliphatic rings. The molecule has 0 spiro atoms. The molecule has 5 nitrogen and oxygen atoms in total. The number of carboxylic acids is 1. The van der Waals surface area contributed by atoms with Crippen LogP contribution in [0.1, 0.15) is 12.0 Å². The van der Waals surface area contributed by atoms with Gasteiger partial charge in [0.05, 0.1) is 0 Å². The van der Waals surface area contributed by atoms with Gasteiger partial charge in [0.15, 0.2) is 11.8 Å². The van der Waals surface area contributed by atoms with Crippen LogP contribution in [0.4, 0.5) is 23.4 Å². The number of ketones is 1. The number of anilines is 1. The Hall–Kier alpha value is -2.19. The Labute approximate surface area is 109 Å². The van der Waals surface area contributed by atoms with E-state index in [4.69, 9.17) is 5.11 Å². The molecule has 20 heavy (non-hydrogen) atoms. The van der Waals surface area contributed by atoms with Crippen molar-refractivity contribution in [3.05, 3.63) is 23.6 Å². The van der Waals surface area contributed by atoms with E-state index >= 15 is 0 Å². The number of carbonyl (C=O) groups excluding carboxylic acids is 1. The largest absolute Gasteiger partial charge is 0.479 e. The second-order valence-electron chi connectivity index (χ2n) is 4.16. The fraction of sp³-hybridized carbons (Fsp3) is 0.364. The van der Waals surface area contributed by atoms with E-state index in [0.717, 1.165) is 11.0 Å². The molecule has 1 N–H and O–H groups in total. The highest BCUT2D eigenvalue weighted by Crippen LogP contribution is 2.32. The van der Waals surface area contributed by atoms with Gasteiger partial charge in [-0.15, -0.1) is 0 Å². The Bertz CT molecular complexity index is 573. The number of rotatable bonds is 2. The first-order chi connectivity index (χ1) is 9.21. The molecule has 1 aromatic rings. The number of halogens is 4. The number of aliphatic carboxylic acids is 1. The normalized spacial score (nSPS) is 19.5. The van der Waals surface area contributed by atoms with Crippen LogP contribution in [0, 0.1) is 5.95 Å². The monoisotopic (exact) mass is 292 g/mol. The van der Waals surface area contributed by atoms with Crippen LogP contribution in [0.15, 0.2) is 12.1 Å². The minimum Gasteiger partial charge on any atom is -0.479 e. The van der Waals surface area contributed by atoms with Crippen molar-refractivity contribution >= 4 is 17.6 Å². The lowest BCUT2D eigenvalue weighted by molar-refractivity contribution is -0.142. The highest BCUT2D eigenvalue weighted by molar-refractivity contribution is 6.07. The highest BCUT2D eigenvalue weighted by atomic mass is 19.4. The summed E-state index contributed by atoms with van der Waals surface area (Å²) in [5, 5.41) is 8.90. The number of carbonyl (C=O) groups is 2. The van der Waals surface area contributed by atoms with Crippen molar-refractivity contribution in [3.8, 4) is 0 Å². The van der Waals surface area contributed by atoms with Gasteiger partial charge in [-0.2, -0.15) is 17.6 Å². The van der Waals surface area contributed by atoms with Crippen LogP contribution >= 0.6 is 0 Å². The van der Waals surface area contributed by atoms with Crippen molar-refractivity contribution in [2.45, 2.75) is 18.6 Å². The molecule has 0 aliphatic carbocycles. The van der Waals surface area contributed by atoms with Crippen LogP contribution in [0.3, 0.4) is 0 Å². The molecule has 0 bridgehead atoms. The zero-order valence-corrected chi connectivity index (χ0v) is 9.82. The second-order valence-corrected chi connectivity index (χ2v) is 4.16. The average molecular weight is 292 g/mol. The lowest BCUT2D eigenvalue weighted by atomic mass is 10.2. The minimum atomic E-state index is -4.89. The fourth-order valence-electron chi connectivity index (χ4n) is 1.98. The topological polar surface area (TPSA) is 70.5 Å². The van der Waals surface area contributed by atoms with Gasteiger partial charge in [0.1, 0.15) is 11.4 Å². The molecule has 1 atom stereocenters. The molecular weight excluding hydrogens is 284 g/mol. The number of hydrogen-bond donors (Lipinski definition) is 1. The van der Waals surface area contributed by atoms with E-state index in [-0.39, 0.29) is 18.8 Å². The fourth-order valence-corrected chi connectivity index (χ4v) is 1.98. The number of hydrogen-bond acceptors (Lipinski definition) is 4. The number of pyridine rings is 1. The number of alkyl halides is 3. The summed E-state index contributed by atoms with van der Waals surface area (Å²) in [5.41, 5.74) is -1.54. The van der Waals surface area contributed by atoms with Crippen LogP contribution < -0.4 is 4.90 Å². The Kier molecular flexibility index (Phi) is 3.36. The maximum absolute atomic E-state index is 13.3. The molecule has 0 aromatic carbocycles. The second kappa shape index (κ2) is 4.73. The van der Waals surface area contributed by atoms with Crippen molar-refractivity contribution in [2.24, 2.45) is 0 Å². The van der Waals surface area contributed by atoms with Gasteiger partial charge in [0.25, 0.3) is 0 Å². The van der Waals surface area contributed by atoms with Gasteiger partial charge in [0, 0.05) is 13.0 Å². The summed E-state index contributed by atoms with van der Waals surface area (Å²) >= 11 is 0. The highest BCUT2D eigenvalue weighted by Gasteiger charge is 2.40. The van der Waals surface area contributed by atoms with Gasteiger partial charge >= 0.3 is 12.1 Å². The van der Waals surface area contributed by atoms with Crippen molar-refractivity contribution in [1.82, 2.24) is 4.98 Å². The van der Waals surface area contributed by atoms with Gasteiger partial charge < -0.3 is 10.0 Å². The van der Waals surface area contributed by atoms with Gasteiger partial charge in [0.2, 0.25) is 5.95 Å². The zero-order chi connectivity index (χ0) is 15.1. The summed E-state index contributed by atoms with van der Waals surface area (Å²) in [6, 6.07) is -0.224. The molecule has 1 aromatic heterocycles. The number of nitrogens with zero attached hydrogens (tertiary/aromatic N) is 2. The average Bonchev–Trinajstić information content (AvgIpc) is 2.69. The smallest absolute Gasteiger partial charge is 0.420 e. The lowest BCUT2D eigenvalue weighted by Crippen LogP contribution is -2.40. The van der Waals surface area contributed by atoms with Crippen LogP contribution in [-0.4, -0.2) is 34.4 Å². The van der Waals surface area contributed by atoms with E-state index in [1.165, 1.54) is 0 Å². The summed E-state index contributed by atoms with van der Waals surface area (Å²) in [6.45, 7) is -0.0341. The predicted octanol–water partition coefficient (Wildman–Crippen LogP) is 1.47. The standard InChI is InChI=1S/C11H8F4N2O3/c12-9-5(11(13,14)15)1-2-7(16-9)17-4-3-6(18)8(17)10(19)20/h1-2,8H,3-4H2,(H,19,20)/t8-/m0/s1. The number of carboxylic acid groups (broad SMARTS) is 1. The van der Waals surface area contributed by atoms with Gasteiger partial charge in [-0.1, -0.05) is 0 Å². The first-order valence-electron chi connectivity index (χ1n) is 5.47. The van der Waals surface area contributed by atoms with Crippen LogP contribution in [0.5, 0.6) is 0 Å². The first-order valence-corrected chi connectivity index (χ1v) is 5.47. The Morgan fingerprint density at radius 1 is 1.40 bits per heavy atom. The summed E-state index contributed by atoms with van der Waals surface area (Å²) in [5.74, 6) is -4.11. The van der Waals surface area contributed by atoms with Crippen LogP contribution in [0.2, 0.25) is 0 Å². The summed E-state index contributed by atoms with van der Waals surface area (Å²) < 4.78 is 50.5. The summed E-state index contributed by atoms with van der Waals surface area (Å²) in [6.07, 6.45) is -4.97.